The van der Waals surface area contributed by atoms with Crippen molar-refractivity contribution in [2.75, 3.05) is 0 Å². The fourth-order valence-electron chi connectivity index (χ4n) is 4.83. The molecule has 136 valence electrons. The summed E-state index contributed by atoms with van der Waals surface area (Å²) in [6.45, 7) is 4.56. The summed E-state index contributed by atoms with van der Waals surface area (Å²) in [7, 11) is -2.28. The van der Waals surface area contributed by atoms with Crippen molar-refractivity contribution < 1.29 is 0 Å². The van der Waals surface area contributed by atoms with E-state index in [0.717, 1.165) is 0 Å². The van der Waals surface area contributed by atoms with Gasteiger partial charge in [-0.2, -0.15) is 0 Å². The predicted octanol–water partition coefficient (Wildman–Crippen LogP) is 4.17. The van der Waals surface area contributed by atoms with Crippen LogP contribution in [-0.2, 0) is 0 Å². The minimum atomic E-state index is -2.28. The average Bonchev–Trinajstić information content (AvgIpc) is 3.06. The highest BCUT2D eigenvalue weighted by molar-refractivity contribution is 7.22. The zero-order valence-corrected chi connectivity index (χ0v) is 17.4. The second kappa shape index (κ2) is 6.61. The van der Waals surface area contributed by atoms with Gasteiger partial charge in [0.25, 0.3) is 0 Å². The van der Waals surface area contributed by atoms with Crippen LogP contribution in [0.25, 0.3) is 11.1 Å². The van der Waals surface area contributed by atoms with Crippen molar-refractivity contribution in [1.82, 2.24) is 0 Å². The highest BCUT2D eigenvalue weighted by Gasteiger charge is 2.48. The largest absolute Gasteiger partial charge is 0.180 e. The summed E-state index contributed by atoms with van der Waals surface area (Å²) in [5.74, 6) is 0.530. The fraction of sp³-hybridized carbons (Fsp3) is 0.111. The Kier molecular flexibility index (Phi) is 4.06. The molecule has 1 heterocycles. The van der Waals surface area contributed by atoms with Gasteiger partial charge in [0.2, 0.25) is 0 Å². The summed E-state index contributed by atoms with van der Waals surface area (Å²) >= 11 is 0. The smallest absolute Gasteiger partial charge is 0.0623 e. The first-order valence-corrected chi connectivity index (χ1v) is 12.1. The van der Waals surface area contributed by atoms with Crippen LogP contribution in [0.2, 0.25) is 0 Å². The summed E-state index contributed by atoms with van der Waals surface area (Å²) < 4.78 is 0. The van der Waals surface area contributed by atoms with E-state index < -0.39 is 8.07 Å². The molecule has 0 N–H and O–H groups in total. The molecule has 5 rings (SSSR count). The lowest BCUT2D eigenvalue weighted by atomic mass is 9.97. The third-order valence-electron chi connectivity index (χ3n) is 6.15. The monoisotopic (exact) mass is 376 g/mol. The molecule has 0 bridgehead atoms. The normalized spacial score (nSPS) is 14.0. The van der Waals surface area contributed by atoms with Crippen molar-refractivity contribution in [3.05, 3.63) is 109 Å². The molecular formula is C27H24Si. The fourth-order valence-corrected chi connectivity index (χ4v) is 9.99. The zero-order valence-electron chi connectivity index (χ0n) is 16.4. The van der Waals surface area contributed by atoms with Gasteiger partial charge < -0.3 is 0 Å². The Hall–Kier alpha value is -2.90. The lowest BCUT2D eigenvalue weighted by molar-refractivity contribution is 0.868. The molecule has 0 nitrogen and oxygen atoms in total. The van der Waals surface area contributed by atoms with E-state index >= 15 is 0 Å². The second-order valence-electron chi connectivity index (χ2n) is 7.99. The summed E-state index contributed by atoms with van der Waals surface area (Å²) in [5.41, 5.74) is 4.26. The standard InChI is InChI=1S/C27H24Si/c1-20(2)21-17-18-27-25(19-21)24-15-9-10-16-26(24)28(27,22-11-5-3-6-12-22)23-13-7-4-8-14-23/h3-20H,1-2H3. The van der Waals surface area contributed by atoms with Gasteiger partial charge in [-0.05, 0) is 43.4 Å². The molecule has 0 fully saturated rings. The van der Waals surface area contributed by atoms with Crippen molar-refractivity contribution in [2.45, 2.75) is 19.8 Å². The number of rotatable bonds is 3. The Bertz CT molecular complexity index is 1090. The molecule has 4 aromatic rings. The van der Waals surface area contributed by atoms with Crippen molar-refractivity contribution >= 4 is 28.8 Å². The molecule has 4 aromatic carbocycles. The van der Waals surface area contributed by atoms with Crippen LogP contribution in [-0.4, -0.2) is 8.07 Å². The highest BCUT2D eigenvalue weighted by atomic mass is 28.3. The molecule has 0 saturated carbocycles. The van der Waals surface area contributed by atoms with E-state index in [9.17, 15) is 0 Å². The average molecular weight is 377 g/mol. The first-order valence-electron chi connectivity index (χ1n) is 10.1. The van der Waals surface area contributed by atoms with Crippen LogP contribution < -0.4 is 20.7 Å². The number of fused-ring (bicyclic) bond motifs is 3. The van der Waals surface area contributed by atoms with Crippen molar-refractivity contribution in [3.63, 3.8) is 0 Å². The Morgan fingerprint density at radius 1 is 0.536 bits per heavy atom. The zero-order chi connectivity index (χ0) is 19.1. The molecule has 0 aliphatic carbocycles. The van der Waals surface area contributed by atoms with Gasteiger partial charge in [0.05, 0.1) is 0 Å². The molecule has 0 amide bonds. The Morgan fingerprint density at radius 2 is 1.07 bits per heavy atom. The third kappa shape index (κ3) is 2.36. The first-order chi connectivity index (χ1) is 13.7. The van der Waals surface area contributed by atoms with Gasteiger partial charge in [-0.3, -0.25) is 0 Å². The second-order valence-corrected chi connectivity index (χ2v) is 11.7. The van der Waals surface area contributed by atoms with E-state index in [0.29, 0.717) is 5.92 Å². The lowest BCUT2D eigenvalue weighted by Crippen LogP contribution is -2.72. The quantitative estimate of drug-likeness (QED) is 0.415. The van der Waals surface area contributed by atoms with Crippen LogP contribution in [0.3, 0.4) is 0 Å². The summed E-state index contributed by atoms with van der Waals surface area (Å²) in [5, 5.41) is 5.97. The van der Waals surface area contributed by atoms with E-state index in [1.54, 1.807) is 0 Å². The summed E-state index contributed by atoms with van der Waals surface area (Å²) in [6.07, 6.45) is 0. The van der Waals surface area contributed by atoms with Gasteiger partial charge >= 0.3 is 0 Å². The number of benzene rings is 4. The molecule has 1 heteroatoms. The molecule has 0 saturated heterocycles. The highest BCUT2D eigenvalue weighted by Crippen LogP contribution is 2.30. The number of hydrogen-bond donors (Lipinski definition) is 0. The van der Waals surface area contributed by atoms with Gasteiger partial charge in [-0.15, -0.1) is 0 Å². The molecular weight excluding hydrogens is 352 g/mol. The van der Waals surface area contributed by atoms with Crippen LogP contribution in [0.4, 0.5) is 0 Å². The maximum atomic E-state index is 2.44. The molecule has 0 atom stereocenters. The molecule has 28 heavy (non-hydrogen) atoms. The first kappa shape index (κ1) is 17.2. The maximum Gasteiger partial charge on any atom is 0.180 e. The van der Waals surface area contributed by atoms with Crippen LogP contribution >= 0.6 is 0 Å². The summed E-state index contributed by atoms with van der Waals surface area (Å²) in [4.78, 5) is 0. The van der Waals surface area contributed by atoms with Gasteiger partial charge in [0.15, 0.2) is 8.07 Å². The minimum absolute atomic E-state index is 0.530. The third-order valence-corrected chi connectivity index (χ3v) is 11.0. The topological polar surface area (TPSA) is 0 Å². The molecule has 1 aliphatic heterocycles. The molecule has 1 aliphatic rings. The van der Waals surface area contributed by atoms with Gasteiger partial charge in [-0.25, -0.2) is 0 Å². The van der Waals surface area contributed by atoms with E-state index in [2.05, 4.69) is 117 Å². The van der Waals surface area contributed by atoms with Crippen molar-refractivity contribution in [3.8, 4) is 11.1 Å². The summed E-state index contributed by atoms with van der Waals surface area (Å²) in [6, 6.07) is 38.7. The molecule has 0 radical (unpaired) electrons. The minimum Gasteiger partial charge on any atom is -0.0623 e. The Labute approximate surface area is 168 Å². The lowest BCUT2D eigenvalue weighted by Gasteiger charge is -2.31. The van der Waals surface area contributed by atoms with Gasteiger partial charge in [0, 0.05) is 0 Å². The molecule has 0 spiro atoms. The van der Waals surface area contributed by atoms with Crippen LogP contribution in [0, 0.1) is 0 Å². The maximum absolute atomic E-state index is 2.44. The van der Waals surface area contributed by atoms with E-state index in [1.807, 2.05) is 0 Å². The Morgan fingerprint density at radius 3 is 1.68 bits per heavy atom. The molecule has 0 aromatic heterocycles. The van der Waals surface area contributed by atoms with Crippen molar-refractivity contribution in [2.24, 2.45) is 0 Å². The van der Waals surface area contributed by atoms with Crippen LogP contribution in [0.1, 0.15) is 25.3 Å². The van der Waals surface area contributed by atoms with E-state index in [-0.39, 0.29) is 0 Å². The van der Waals surface area contributed by atoms with Crippen LogP contribution in [0.15, 0.2) is 103 Å². The SMILES string of the molecule is CC(C)c1ccc2c(c1)-c1ccccc1[Si]2(c1ccccc1)c1ccccc1. The van der Waals surface area contributed by atoms with Crippen LogP contribution in [0.5, 0.6) is 0 Å². The predicted molar refractivity (Wildman–Crippen MR) is 123 cm³/mol. The van der Waals surface area contributed by atoms with Gasteiger partial charge in [0.1, 0.15) is 0 Å². The van der Waals surface area contributed by atoms with Gasteiger partial charge in [-0.1, -0.05) is 117 Å². The van der Waals surface area contributed by atoms with E-state index in [4.69, 9.17) is 0 Å². The number of hydrogen-bond acceptors (Lipinski definition) is 0. The van der Waals surface area contributed by atoms with E-state index in [1.165, 1.54) is 37.4 Å². The van der Waals surface area contributed by atoms with Crippen molar-refractivity contribution in [1.29, 1.82) is 0 Å². The Balaban J connectivity index is 1.94. The molecule has 0 unspecified atom stereocenters.